The van der Waals surface area contributed by atoms with Crippen molar-refractivity contribution in [3.05, 3.63) is 64.2 Å². The van der Waals surface area contributed by atoms with Crippen LogP contribution < -0.4 is 5.32 Å². The van der Waals surface area contributed by atoms with E-state index in [2.05, 4.69) is 11.4 Å². The monoisotopic (exact) mass is 402 g/mol. The number of carbonyl (C=O) groups is 1. The number of benzene rings is 2. The van der Waals surface area contributed by atoms with Gasteiger partial charge in [0.2, 0.25) is 10.0 Å². The Morgan fingerprint density at radius 2 is 1.61 bits per heavy atom. The zero-order valence-electron chi connectivity index (χ0n) is 17.5. The van der Waals surface area contributed by atoms with Crippen LogP contribution in [0.3, 0.4) is 0 Å². The largest absolute Gasteiger partial charge is 0.345 e. The van der Waals surface area contributed by atoms with Crippen molar-refractivity contribution in [2.75, 3.05) is 13.1 Å². The number of nitrogens with zero attached hydrogens (tertiary/aromatic N) is 1. The molecule has 1 unspecified atom stereocenters. The van der Waals surface area contributed by atoms with E-state index in [4.69, 9.17) is 0 Å². The van der Waals surface area contributed by atoms with Crippen LogP contribution in [0.25, 0.3) is 0 Å². The van der Waals surface area contributed by atoms with E-state index in [1.54, 1.807) is 26.0 Å². The third-order valence-corrected chi connectivity index (χ3v) is 7.09. The molecule has 152 valence electrons. The summed E-state index contributed by atoms with van der Waals surface area (Å²) in [6.07, 6.45) is 0. The number of carbonyl (C=O) groups excluding carboxylic acids is 1. The fourth-order valence-electron chi connectivity index (χ4n) is 3.30. The van der Waals surface area contributed by atoms with Crippen LogP contribution in [0.15, 0.2) is 41.3 Å². The molecule has 6 heteroatoms. The number of aryl methyl sites for hydroxylation is 3. The summed E-state index contributed by atoms with van der Waals surface area (Å²) in [5, 5.41) is 3.01. The summed E-state index contributed by atoms with van der Waals surface area (Å²) < 4.78 is 27.0. The van der Waals surface area contributed by atoms with Crippen molar-refractivity contribution in [3.63, 3.8) is 0 Å². The van der Waals surface area contributed by atoms with Gasteiger partial charge in [-0.15, -0.1) is 0 Å². The van der Waals surface area contributed by atoms with Gasteiger partial charge in [-0.2, -0.15) is 4.31 Å². The molecule has 1 amide bonds. The van der Waals surface area contributed by atoms with E-state index < -0.39 is 10.0 Å². The molecule has 0 fully saturated rings. The fraction of sp³-hybridized carbons (Fsp3) is 0.409. The van der Waals surface area contributed by atoms with Crippen molar-refractivity contribution in [1.29, 1.82) is 0 Å². The van der Waals surface area contributed by atoms with Crippen molar-refractivity contribution in [1.82, 2.24) is 9.62 Å². The quantitative estimate of drug-likeness (QED) is 0.757. The van der Waals surface area contributed by atoms with Gasteiger partial charge in [0.15, 0.2) is 0 Å². The van der Waals surface area contributed by atoms with Crippen LogP contribution in [0.4, 0.5) is 0 Å². The molecule has 5 nitrogen and oxygen atoms in total. The molecule has 0 aromatic heterocycles. The Morgan fingerprint density at radius 3 is 2.21 bits per heavy atom. The van der Waals surface area contributed by atoms with Gasteiger partial charge in [-0.3, -0.25) is 4.79 Å². The normalized spacial score (nSPS) is 12.8. The van der Waals surface area contributed by atoms with E-state index in [0.717, 1.165) is 22.3 Å². The Hall–Kier alpha value is -2.18. The molecule has 0 heterocycles. The number of nitrogens with one attached hydrogen (secondary N) is 1. The van der Waals surface area contributed by atoms with Crippen molar-refractivity contribution < 1.29 is 13.2 Å². The Bertz CT molecular complexity index is 964. The summed E-state index contributed by atoms with van der Waals surface area (Å²) in [6.45, 7) is 12.2. The topological polar surface area (TPSA) is 66.5 Å². The summed E-state index contributed by atoms with van der Waals surface area (Å²) in [5.74, 6) is -0.275. The molecule has 0 saturated heterocycles. The van der Waals surface area contributed by atoms with Crippen molar-refractivity contribution in [2.24, 2.45) is 0 Å². The molecular weight excluding hydrogens is 372 g/mol. The molecule has 2 aromatic rings. The molecule has 0 aliphatic rings. The van der Waals surface area contributed by atoms with Gasteiger partial charge in [0.05, 0.1) is 10.9 Å². The first kappa shape index (κ1) is 22.1. The summed E-state index contributed by atoms with van der Waals surface area (Å²) in [7, 11) is -3.61. The highest BCUT2D eigenvalue weighted by Crippen LogP contribution is 2.22. The maximum atomic E-state index is 12.9. The van der Waals surface area contributed by atoms with E-state index in [0.29, 0.717) is 18.7 Å². The number of amides is 1. The van der Waals surface area contributed by atoms with Crippen LogP contribution in [-0.2, 0) is 10.0 Å². The highest BCUT2D eigenvalue weighted by Gasteiger charge is 2.24. The highest BCUT2D eigenvalue weighted by molar-refractivity contribution is 7.89. The van der Waals surface area contributed by atoms with Crippen molar-refractivity contribution >= 4 is 15.9 Å². The van der Waals surface area contributed by atoms with Crippen LogP contribution in [0, 0.1) is 20.8 Å². The van der Waals surface area contributed by atoms with Gasteiger partial charge in [-0.25, -0.2) is 8.42 Å². The van der Waals surface area contributed by atoms with E-state index >= 15 is 0 Å². The van der Waals surface area contributed by atoms with E-state index in [9.17, 15) is 13.2 Å². The molecule has 0 radical (unpaired) electrons. The lowest BCUT2D eigenvalue weighted by molar-refractivity contribution is 0.0939. The summed E-state index contributed by atoms with van der Waals surface area (Å²) in [5.41, 5.74) is 4.41. The Morgan fingerprint density at radius 1 is 1.00 bits per heavy atom. The second kappa shape index (κ2) is 8.88. The van der Waals surface area contributed by atoms with Crippen LogP contribution >= 0.6 is 0 Å². The Labute approximate surface area is 168 Å². The van der Waals surface area contributed by atoms with Gasteiger partial charge in [0, 0.05) is 18.7 Å². The van der Waals surface area contributed by atoms with Crippen LogP contribution in [-0.4, -0.2) is 31.7 Å². The number of sulfonamides is 1. The highest BCUT2D eigenvalue weighted by atomic mass is 32.2. The van der Waals surface area contributed by atoms with E-state index in [-0.39, 0.29) is 16.8 Å². The van der Waals surface area contributed by atoms with Crippen molar-refractivity contribution in [3.8, 4) is 0 Å². The first-order valence-corrected chi connectivity index (χ1v) is 11.0. The first-order valence-electron chi connectivity index (χ1n) is 9.60. The van der Waals surface area contributed by atoms with Gasteiger partial charge in [-0.05, 0) is 56.5 Å². The van der Waals surface area contributed by atoms with Gasteiger partial charge in [0.25, 0.3) is 5.91 Å². The predicted octanol–water partition coefficient (Wildman–Crippen LogP) is 4.13. The maximum absolute atomic E-state index is 12.9. The SMILES string of the molecule is CCN(CC)S(=O)(=O)c1ccc(C)c(C(=O)NC(C)c2cc(C)ccc2C)c1. The lowest BCUT2D eigenvalue weighted by atomic mass is 9.99. The van der Waals surface area contributed by atoms with Crippen LogP contribution in [0.5, 0.6) is 0 Å². The lowest BCUT2D eigenvalue weighted by Crippen LogP contribution is -2.31. The summed E-state index contributed by atoms with van der Waals surface area (Å²) >= 11 is 0. The molecule has 0 aliphatic heterocycles. The van der Waals surface area contributed by atoms with Crippen molar-refractivity contribution in [2.45, 2.75) is 52.5 Å². The van der Waals surface area contributed by atoms with Gasteiger partial charge in [-0.1, -0.05) is 43.7 Å². The lowest BCUT2D eigenvalue weighted by Gasteiger charge is -2.20. The van der Waals surface area contributed by atoms with Crippen LogP contribution in [0.2, 0.25) is 0 Å². The standard InChI is InChI=1S/C22H30N2O3S/c1-7-24(8-2)28(26,27)19-12-11-17(5)21(14-19)22(25)23-18(6)20-13-15(3)9-10-16(20)4/h9-14,18H,7-8H2,1-6H3,(H,23,25). The third kappa shape index (κ3) is 4.62. The summed E-state index contributed by atoms with van der Waals surface area (Å²) in [6, 6.07) is 10.7. The second-order valence-corrected chi connectivity index (χ2v) is 9.06. The minimum absolute atomic E-state index is 0.145. The maximum Gasteiger partial charge on any atom is 0.252 e. The first-order chi connectivity index (χ1) is 13.1. The summed E-state index contributed by atoms with van der Waals surface area (Å²) in [4.78, 5) is 13.1. The molecule has 1 N–H and O–H groups in total. The molecule has 0 aliphatic carbocycles. The second-order valence-electron chi connectivity index (χ2n) is 7.12. The number of hydrogen-bond acceptors (Lipinski definition) is 3. The minimum atomic E-state index is -3.61. The Balaban J connectivity index is 2.34. The van der Waals surface area contributed by atoms with E-state index in [1.807, 2.05) is 39.8 Å². The molecule has 0 saturated carbocycles. The average molecular weight is 403 g/mol. The zero-order valence-corrected chi connectivity index (χ0v) is 18.4. The molecule has 1 atom stereocenters. The Kier molecular flexibility index (Phi) is 7.01. The zero-order chi connectivity index (χ0) is 21.1. The third-order valence-electron chi connectivity index (χ3n) is 5.05. The molecule has 2 aromatic carbocycles. The molecule has 0 bridgehead atoms. The fourth-order valence-corrected chi connectivity index (χ4v) is 4.78. The molecule has 2 rings (SSSR count). The van der Waals surface area contributed by atoms with Gasteiger partial charge < -0.3 is 5.32 Å². The molecule has 0 spiro atoms. The van der Waals surface area contributed by atoms with Crippen LogP contribution in [0.1, 0.15) is 59.4 Å². The number of hydrogen-bond donors (Lipinski definition) is 1. The average Bonchev–Trinajstić information content (AvgIpc) is 2.64. The number of rotatable bonds is 7. The van der Waals surface area contributed by atoms with E-state index in [1.165, 1.54) is 10.4 Å². The van der Waals surface area contributed by atoms with Gasteiger partial charge in [0.1, 0.15) is 0 Å². The molecule has 28 heavy (non-hydrogen) atoms. The van der Waals surface area contributed by atoms with Gasteiger partial charge >= 0.3 is 0 Å². The predicted molar refractivity (Wildman–Crippen MR) is 113 cm³/mol. The smallest absolute Gasteiger partial charge is 0.252 e. The molecular formula is C22H30N2O3S. The minimum Gasteiger partial charge on any atom is -0.345 e.